The molecule has 1 heterocycles. The van der Waals surface area contributed by atoms with Gasteiger partial charge in [0.15, 0.2) is 11.5 Å². The van der Waals surface area contributed by atoms with Crippen LogP contribution in [-0.2, 0) is 6.54 Å². The van der Waals surface area contributed by atoms with E-state index in [1.54, 1.807) is 14.2 Å². The molecule has 1 aromatic heterocycles. The zero-order chi connectivity index (χ0) is 20.1. The van der Waals surface area contributed by atoms with Crippen molar-refractivity contribution in [1.82, 2.24) is 9.97 Å². The molecule has 6 heteroatoms. The Morgan fingerprint density at radius 1 is 0.857 bits per heavy atom. The normalized spacial score (nSPS) is 10.5. The second-order valence-corrected chi connectivity index (χ2v) is 6.70. The third kappa shape index (κ3) is 4.71. The lowest BCUT2D eigenvalue weighted by molar-refractivity contribution is 0.354. The number of nitrogens with one attached hydrogen (secondary N) is 2. The summed E-state index contributed by atoms with van der Waals surface area (Å²) in [5.41, 5.74) is 5.34. The summed E-state index contributed by atoms with van der Waals surface area (Å²) in [4.78, 5) is 9.09. The van der Waals surface area contributed by atoms with E-state index in [9.17, 15) is 0 Å². The van der Waals surface area contributed by atoms with Crippen molar-refractivity contribution in [3.63, 3.8) is 0 Å². The van der Waals surface area contributed by atoms with Gasteiger partial charge in [0, 0.05) is 24.0 Å². The molecule has 146 valence electrons. The van der Waals surface area contributed by atoms with E-state index < -0.39 is 0 Å². The zero-order valence-corrected chi connectivity index (χ0v) is 17.0. The number of hydrogen-bond donors (Lipinski definition) is 2. The van der Waals surface area contributed by atoms with E-state index in [0.29, 0.717) is 24.0 Å². The Hall–Kier alpha value is -3.28. The molecule has 0 unspecified atom stereocenters. The molecule has 3 rings (SSSR count). The lowest BCUT2D eigenvalue weighted by Crippen LogP contribution is -2.06. The fraction of sp³-hybridized carbons (Fsp3) is 0.273. The molecule has 0 spiro atoms. The van der Waals surface area contributed by atoms with Gasteiger partial charge in [0.2, 0.25) is 5.95 Å². The Labute approximate surface area is 166 Å². The molecule has 0 aliphatic carbocycles. The van der Waals surface area contributed by atoms with E-state index in [1.165, 1.54) is 5.56 Å². The maximum atomic E-state index is 5.36. The highest BCUT2D eigenvalue weighted by Gasteiger charge is 2.07. The standard InChI is InChI=1S/C22H26N4O2/c1-14-6-8-18(15(2)10-14)25-22-24-16(3)11-21(26-22)23-13-17-7-9-19(27-4)20(12-17)28-5/h6-12H,13H2,1-5H3,(H2,23,24,25,26). The van der Waals surface area contributed by atoms with Crippen molar-refractivity contribution in [2.75, 3.05) is 24.9 Å². The Balaban J connectivity index is 1.74. The molecule has 0 atom stereocenters. The molecular weight excluding hydrogens is 352 g/mol. The fourth-order valence-electron chi connectivity index (χ4n) is 2.97. The summed E-state index contributed by atoms with van der Waals surface area (Å²) < 4.78 is 10.6. The molecule has 0 aliphatic heterocycles. The number of anilines is 3. The highest BCUT2D eigenvalue weighted by Crippen LogP contribution is 2.28. The van der Waals surface area contributed by atoms with Gasteiger partial charge in [-0.3, -0.25) is 0 Å². The number of aromatic nitrogens is 2. The van der Waals surface area contributed by atoms with Gasteiger partial charge in [0.1, 0.15) is 5.82 Å². The zero-order valence-electron chi connectivity index (χ0n) is 17.0. The van der Waals surface area contributed by atoms with Crippen LogP contribution in [0.25, 0.3) is 0 Å². The summed E-state index contributed by atoms with van der Waals surface area (Å²) in [5, 5.41) is 6.67. The number of hydrogen-bond acceptors (Lipinski definition) is 6. The largest absolute Gasteiger partial charge is 0.493 e. The minimum absolute atomic E-state index is 0.571. The molecular formula is C22H26N4O2. The third-order valence-corrected chi connectivity index (χ3v) is 4.40. The van der Waals surface area contributed by atoms with Gasteiger partial charge in [-0.2, -0.15) is 4.98 Å². The number of rotatable bonds is 7. The van der Waals surface area contributed by atoms with Gasteiger partial charge in [-0.05, 0) is 50.1 Å². The monoisotopic (exact) mass is 378 g/mol. The van der Waals surface area contributed by atoms with Crippen LogP contribution in [0.1, 0.15) is 22.4 Å². The van der Waals surface area contributed by atoms with Crippen LogP contribution in [0, 0.1) is 20.8 Å². The van der Waals surface area contributed by atoms with Crippen molar-refractivity contribution < 1.29 is 9.47 Å². The summed E-state index contributed by atoms with van der Waals surface area (Å²) >= 11 is 0. The molecule has 0 saturated heterocycles. The predicted molar refractivity (Wildman–Crippen MR) is 113 cm³/mol. The van der Waals surface area contributed by atoms with Gasteiger partial charge >= 0.3 is 0 Å². The highest BCUT2D eigenvalue weighted by atomic mass is 16.5. The summed E-state index contributed by atoms with van der Waals surface area (Å²) in [5.74, 6) is 2.75. The van der Waals surface area contributed by atoms with Crippen LogP contribution >= 0.6 is 0 Å². The molecule has 0 bridgehead atoms. The lowest BCUT2D eigenvalue weighted by atomic mass is 10.1. The maximum absolute atomic E-state index is 5.36. The van der Waals surface area contributed by atoms with Gasteiger partial charge in [-0.1, -0.05) is 23.8 Å². The minimum atomic E-state index is 0.571. The first-order valence-corrected chi connectivity index (χ1v) is 9.13. The molecule has 2 N–H and O–H groups in total. The third-order valence-electron chi connectivity index (χ3n) is 4.40. The first-order valence-electron chi connectivity index (χ1n) is 9.13. The highest BCUT2D eigenvalue weighted by molar-refractivity contribution is 5.60. The van der Waals surface area contributed by atoms with E-state index in [-0.39, 0.29) is 0 Å². The van der Waals surface area contributed by atoms with Crippen LogP contribution in [0.15, 0.2) is 42.5 Å². The molecule has 6 nitrogen and oxygen atoms in total. The number of methoxy groups -OCH3 is 2. The Bertz CT molecular complexity index is 973. The van der Waals surface area contributed by atoms with Crippen molar-refractivity contribution in [3.8, 4) is 11.5 Å². The predicted octanol–water partition coefficient (Wildman–Crippen LogP) is 4.77. The maximum Gasteiger partial charge on any atom is 0.229 e. The van der Waals surface area contributed by atoms with Crippen LogP contribution in [0.4, 0.5) is 17.5 Å². The van der Waals surface area contributed by atoms with E-state index >= 15 is 0 Å². The Kier molecular flexibility index (Phi) is 5.99. The Morgan fingerprint density at radius 2 is 1.64 bits per heavy atom. The second-order valence-electron chi connectivity index (χ2n) is 6.70. The molecule has 3 aromatic rings. The molecule has 28 heavy (non-hydrogen) atoms. The number of benzene rings is 2. The van der Waals surface area contributed by atoms with Gasteiger partial charge in [0.05, 0.1) is 14.2 Å². The second kappa shape index (κ2) is 8.61. The average Bonchev–Trinajstić information content (AvgIpc) is 2.68. The fourth-order valence-corrected chi connectivity index (χ4v) is 2.97. The van der Waals surface area contributed by atoms with Crippen molar-refractivity contribution in [3.05, 3.63) is 64.8 Å². The van der Waals surface area contributed by atoms with Crippen LogP contribution in [0.3, 0.4) is 0 Å². The topological polar surface area (TPSA) is 68.3 Å². The quantitative estimate of drug-likeness (QED) is 0.617. The summed E-state index contributed by atoms with van der Waals surface area (Å²) in [7, 11) is 3.26. The van der Waals surface area contributed by atoms with E-state index in [0.717, 1.165) is 28.3 Å². The molecule has 0 radical (unpaired) electrons. The number of ether oxygens (including phenoxy) is 2. The number of nitrogens with zero attached hydrogens (tertiary/aromatic N) is 2. The van der Waals surface area contributed by atoms with E-state index in [2.05, 4.69) is 46.6 Å². The Morgan fingerprint density at radius 3 is 2.36 bits per heavy atom. The van der Waals surface area contributed by atoms with Crippen molar-refractivity contribution in [2.24, 2.45) is 0 Å². The summed E-state index contributed by atoms with van der Waals surface area (Å²) in [6.45, 7) is 6.72. The van der Waals surface area contributed by atoms with Gasteiger partial charge in [-0.15, -0.1) is 0 Å². The van der Waals surface area contributed by atoms with Gasteiger partial charge in [0.25, 0.3) is 0 Å². The SMILES string of the molecule is COc1ccc(CNc2cc(C)nc(Nc3ccc(C)cc3C)n2)cc1OC. The first-order chi connectivity index (χ1) is 13.5. The average molecular weight is 378 g/mol. The lowest BCUT2D eigenvalue weighted by Gasteiger charge is -2.13. The van der Waals surface area contributed by atoms with Crippen molar-refractivity contribution in [2.45, 2.75) is 27.3 Å². The van der Waals surface area contributed by atoms with Gasteiger partial charge in [-0.25, -0.2) is 4.98 Å². The molecule has 0 amide bonds. The van der Waals surface area contributed by atoms with Gasteiger partial charge < -0.3 is 20.1 Å². The van der Waals surface area contributed by atoms with Crippen molar-refractivity contribution in [1.29, 1.82) is 0 Å². The smallest absolute Gasteiger partial charge is 0.229 e. The van der Waals surface area contributed by atoms with Crippen LogP contribution < -0.4 is 20.1 Å². The molecule has 0 aliphatic rings. The summed E-state index contributed by atoms with van der Waals surface area (Å²) in [6, 6.07) is 14.0. The van der Waals surface area contributed by atoms with Crippen LogP contribution in [0.5, 0.6) is 11.5 Å². The van der Waals surface area contributed by atoms with E-state index in [4.69, 9.17) is 9.47 Å². The molecule has 2 aromatic carbocycles. The molecule has 0 saturated carbocycles. The van der Waals surface area contributed by atoms with Crippen LogP contribution in [-0.4, -0.2) is 24.2 Å². The number of aryl methyl sites for hydroxylation is 3. The van der Waals surface area contributed by atoms with Crippen LogP contribution in [0.2, 0.25) is 0 Å². The first kappa shape index (κ1) is 19.5. The van der Waals surface area contributed by atoms with E-state index in [1.807, 2.05) is 37.3 Å². The molecule has 0 fully saturated rings. The van der Waals surface area contributed by atoms with Crippen molar-refractivity contribution >= 4 is 17.5 Å². The minimum Gasteiger partial charge on any atom is -0.493 e. The summed E-state index contributed by atoms with van der Waals surface area (Å²) in [6.07, 6.45) is 0.